The molecule has 5 heteroatoms. The largest absolute Gasteiger partial charge is 0.476 e. The standard InChI is InChI=1S/C13H12N2O3/c1-9-3-5-10(6-4-9)11-7-12(15(16)17)13(18-2)14-8-11/h3-8H,1-2H3. The molecule has 2 aromatic rings. The second-order valence-corrected chi connectivity index (χ2v) is 3.88. The molecule has 0 fully saturated rings. The summed E-state index contributed by atoms with van der Waals surface area (Å²) in [7, 11) is 1.36. The minimum absolute atomic E-state index is 0.0239. The van der Waals surface area contributed by atoms with Gasteiger partial charge in [0, 0.05) is 17.8 Å². The maximum atomic E-state index is 10.9. The minimum Gasteiger partial charge on any atom is -0.476 e. The van der Waals surface area contributed by atoms with Gasteiger partial charge in [0.05, 0.1) is 12.0 Å². The van der Waals surface area contributed by atoms with Crippen LogP contribution >= 0.6 is 0 Å². The summed E-state index contributed by atoms with van der Waals surface area (Å²) >= 11 is 0. The zero-order valence-corrected chi connectivity index (χ0v) is 10.1. The highest BCUT2D eigenvalue weighted by molar-refractivity contribution is 5.66. The van der Waals surface area contributed by atoms with Gasteiger partial charge >= 0.3 is 5.69 Å². The summed E-state index contributed by atoms with van der Waals surface area (Å²) in [5.74, 6) is 0.0239. The summed E-state index contributed by atoms with van der Waals surface area (Å²) in [6.45, 7) is 1.98. The minimum atomic E-state index is -0.497. The topological polar surface area (TPSA) is 65.3 Å². The summed E-state index contributed by atoms with van der Waals surface area (Å²) < 4.78 is 4.86. The van der Waals surface area contributed by atoms with E-state index >= 15 is 0 Å². The van der Waals surface area contributed by atoms with Crippen LogP contribution < -0.4 is 4.74 Å². The lowest BCUT2D eigenvalue weighted by Crippen LogP contribution is -1.96. The molecule has 0 aliphatic carbocycles. The second-order valence-electron chi connectivity index (χ2n) is 3.88. The third kappa shape index (κ3) is 2.29. The smallest absolute Gasteiger partial charge is 0.331 e. The zero-order valence-electron chi connectivity index (χ0n) is 10.1. The first-order valence-electron chi connectivity index (χ1n) is 5.37. The van der Waals surface area contributed by atoms with E-state index in [9.17, 15) is 10.1 Å². The highest BCUT2D eigenvalue weighted by Crippen LogP contribution is 2.29. The normalized spacial score (nSPS) is 10.1. The molecule has 18 heavy (non-hydrogen) atoms. The van der Waals surface area contributed by atoms with Gasteiger partial charge in [0.15, 0.2) is 0 Å². The van der Waals surface area contributed by atoms with Crippen LogP contribution in [0.25, 0.3) is 11.1 Å². The Labute approximate surface area is 104 Å². The molecular formula is C13H12N2O3. The molecule has 5 nitrogen and oxygen atoms in total. The molecule has 0 radical (unpaired) electrons. The molecule has 1 aromatic carbocycles. The molecule has 0 atom stereocenters. The van der Waals surface area contributed by atoms with Crippen molar-refractivity contribution in [2.75, 3.05) is 7.11 Å². The van der Waals surface area contributed by atoms with Gasteiger partial charge in [-0.15, -0.1) is 0 Å². The lowest BCUT2D eigenvalue weighted by Gasteiger charge is -2.04. The molecule has 92 valence electrons. The first-order chi connectivity index (χ1) is 8.61. The molecule has 0 N–H and O–H groups in total. The highest BCUT2D eigenvalue weighted by atomic mass is 16.6. The summed E-state index contributed by atoms with van der Waals surface area (Å²) in [5, 5.41) is 10.9. The van der Waals surface area contributed by atoms with Crippen LogP contribution in [0.15, 0.2) is 36.5 Å². The van der Waals surface area contributed by atoms with E-state index in [-0.39, 0.29) is 11.6 Å². The Balaban J connectivity index is 2.49. The molecule has 1 aromatic heterocycles. The molecule has 0 amide bonds. The first-order valence-corrected chi connectivity index (χ1v) is 5.37. The van der Waals surface area contributed by atoms with Gasteiger partial charge in [-0.1, -0.05) is 29.8 Å². The lowest BCUT2D eigenvalue weighted by molar-refractivity contribution is -0.386. The van der Waals surface area contributed by atoms with Crippen LogP contribution in [0.2, 0.25) is 0 Å². The number of aryl methyl sites for hydroxylation is 1. The SMILES string of the molecule is COc1ncc(-c2ccc(C)cc2)cc1[N+](=O)[O-]. The molecule has 2 rings (SSSR count). The average molecular weight is 244 g/mol. The van der Waals surface area contributed by atoms with Crippen LogP contribution in [0.4, 0.5) is 5.69 Å². The fourth-order valence-electron chi connectivity index (χ4n) is 1.63. The van der Waals surface area contributed by atoms with E-state index in [0.717, 1.165) is 11.1 Å². The van der Waals surface area contributed by atoms with Crippen molar-refractivity contribution in [2.45, 2.75) is 6.92 Å². The van der Waals surface area contributed by atoms with Gasteiger partial charge in [0.2, 0.25) is 0 Å². The third-order valence-electron chi connectivity index (χ3n) is 2.61. The van der Waals surface area contributed by atoms with E-state index in [1.165, 1.54) is 13.2 Å². The van der Waals surface area contributed by atoms with Crippen LogP contribution in [0.5, 0.6) is 5.88 Å². The number of hydrogen-bond donors (Lipinski definition) is 0. The third-order valence-corrected chi connectivity index (χ3v) is 2.61. The summed E-state index contributed by atoms with van der Waals surface area (Å²) in [6, 6.07) is 9.18. The molecule has 0 unspecified atom stereocenters. The lowest BCUT2D eigenvalue weighted by atomic mass is 10.1. The second kappa shape index (κ2) is 4.83. The first kappa shape index (κ1) is 12.0. The van der Waals surface area contributed by atoms with Gasteiger partial charge in [0.1, 0.15) is 0 Å². The van der Waals surface area contributed by atoms with Crippen LogP contribution in [0, 0.1) is 17.0 Å². The Morgan fingerprint density at radius 2 is 1.89 bits per heavy atom. The van der Waals surface area contributed by atoms with E-state index in [1.54, 1.807) is 6.20 Å². The van der Waals surface area contributed by atoms with E-state index in [1.807, 2.05) is 31.2 Å². The Kier molecular flexibility index (Phi) is 3.23. The number of aromatic nitrogens is 1. The maximum Gasteiger partial charge on any atom is 0.331 e. The number of ether oxygens (including phenoxy) is 1. The molecular weight excluding hydrogens is 232 g/mol. The average Bonchev–Trinajstić information content (AvgIpc) is 2.39. The van der Waals surface area contributed by atoms with Crippen molar-refractivity contribution in [2.24, 2.45) is 0 Å². The van der Waals surface area contributed by atoms with Crippen LogP contribution in [0.3, 0.4) is 0 Å². The Morgan fingerprint density at radius 3 is 2.44 bits per heavy atom. The fraction of sp³-hybridized carbons (Fsp3) is 0.154. The van der Waals surface area contributed by atoms with Gasteiger partial charge in [-0.2, -0.15) is 0 Å². The van der Waals surface area contributed by atoms with Gasteiger partial charge in [0.25, 0.3) is 5.88 Å². The summed E-state index contributed by atoms with van der Waals surface area (Å²) in [5.41, 5.74) is 2.59. The van der Waals surface area contributed by atoms with Crippen molar-refractivity contribution in [1.82, 2.24) is 4.98 Å². The predicted molar refractivity (Wildman–Crippen MR) is 67.6 cm³/mol. The van der Waals surface area contributed by atoms with Crippen molar-refractivity contribution < 1.29 is 9.66 Å². The van der Waals surface area contributed by atoms with Crippen LogP contribution in [-0.2, 0) is 0 Å². The quantitative estimate of drug-likeness (QED) is 0.615. The molecule has 0 aliphatic rings. The van der Waals surface area contributed by atoms with Crippen LogP contribution in [-0.4, -0.2) is 17.0 Å². The number of benzene rings is 1. The molecule has 1 heterocycles. The van der Waals surface area contributed by atoms with Crippen LogP contribution in [0.1, 0.15) is 5.56 Å². The van der Waals surface area contributed by atoms with Gasteiger partial charge in [-0.3, -0.25) is 10.1 Å². The van der Waals surface area contributed by atoms with E-state index < -0.39 is 4.92 Å². The molecule has 0 spiro atoms. The number of rotatable bonds is 3. The molecule has 0 saturated heterocycles. The number of nitro groups is 1. The fourth-order valence-corrected chi connectivity index (χ4v) is 1.63. The van der Waals surface area contributed by atoms with E-state index in [2.05, 4.69) is 4.98 Å². The van der Waals surface area contributed by atoms with Crippen molar-refractivity contribution in [1.29, 1.82) is 0 Å². The predicted octanol–water partition coefficient (Wildman–Crippen LogP) is 2.97. The molecule has 0 aliphatic heterocycles. The van der Waals surface area contributed by atoms with Crippen molar-refractivity contribution >= 4 is 5.69 Å². The maximum absolute atomic E-state index is 10.9. The Hall–Kier alpha value is -2.43. The zero-order chi connectivity index (χ0) is 13.1. The summed E-state index contributed by atoms with van der Waals surface area (Å²) in [6.07, 6.45) is 1.57. The monoisotopic (exact) mass is 244 g/mol. The summed E-state index contributed by atoms with van der Waals surface area (Å²) in [4.78, 5) is 14.4. The van der Waals surface area contributed by atoms with Crippen molar-refractivity contribution in [3.63, 3.8) is 0 Å². The Morgan fingerprint density at radius 1 is 1.22 bits per heavy atom. The number of nitrogens with zero attached hydrogens (tertiary/aromatic N) is 2. The van der Waals surface area contributed by atoms with E-state index in [0.29, 0.717) is 5.56 Å². The molecule has 0 saturated carbocycles. The van der Waals surface area contributed by atoms with Gasteiger partial charge in [-0.05, 0) is 12.5 Å². The van der Waals surface area contributed by atoms with Gasteiger partial charge < -0.3 is 4.74 Å². The van der Waals surface area contributed by atoms with Crippen molar-refractivity contribution in [3.8, 4) is 17.0 Å². The number of methoxy groups -OCH3 is 1. The van der Waals surface area contributed by atoms with Crippen molar-refractivity contribution in [3.05, 3.63) is 52.2 Å². The molecule has 0 bridgehead atoms. The Bertz CT molecular complexity index is 579. The van der Waals surface area contributed by atoms with Gasteiger partial charge in [-0.25, -0.2) is 4.98 Å². The number of pyridine rings is 1. The highest BCUT2D eigenvalue weighted by Gasteiger charge is 2.17. The number of hydrogen-bond acceptors (Lipinski definition) is 4. The van der Waals surface area contributed by atoms with E-state index in [4.69, 9.17) is 4.74 Å².